The van der Waals surface area contributed by atoms with E-state index in [2.05, 4.69) is 4.74 Å². The first-order valence-corrected chi connectivity index (χ1v) is 11.2. The average molecular weight is 690 g/mol. The van der Waals surface area contributed by atoms with Crippen LogP contribution in [0, 0.1) is 30.4 Å². The van der Waals surface area contributed by atoms with Gasteiger partial charge < -0.3 is 14.6 Å². The Morgan fingerprint density at radius 1 is 0.903 bits per heavy atom. The van der Waals surface area contributed by atoms with Gasteiger partial charge in [0, 0.05) is 3.57 Å². The number of halogens is 6. The van der Waals surface area contributed by atoms with Crippen LogP contribution in [-0.2, 0) is 19.6 Å². The number of benzene rings is 2. The minimum atomic E-state index is -5.68. The number of rotatable bonds is 6. The summed E-state index contributed by atoms with van der Waals surface area (Å²) >= 11 is 3.65. The van der Waals surface area contributed by atoms with Crippen molar-refractivity contribution in [3.05, 3.63) is 53.7 Å². The van der Waals surface area contributed by atoms with Crippen LogP contribution in [-0.4, -0.2) is 43.2 Å². The molecule has 2 N–H and O–H groups in total. The smallest absolute Gasteiger partial charge is 0.344 e. The van der Waals surface area contributed by atoms with Crippen molar-refractivity contribution in [3.63, 3.8) is 0 Å². The Morgan fingerprint density at radius 3 is 1.87 bits per heavy atom. The highest BCUT2D eigenvalue weighted by Crippen LogP contribution is 2.29. The zero-order valence-electron chi connectivity index (χ0n) is 14.6. The van der Waals surface area contributed by atoms with Gasteiger partial charge in [0.15, 0.2) is 28.2 Å². The molecular weight excluding hydrogens is 682 g/mol. The van der Waals surface area contributed by atoms with E-state index in [1.165, 1.54) is 6.07 Å². The fourth-order valence-electron chi connectivity index (χ4n) is 2.16. The molecule has 0 atom stereocenters. The summed E-state index contributed by atoms with van der Waals surface area (Å²) in [6, 6.07) is 2.88. The summed E-state index contributed by atoms with van der Waals surface area (Å²) in [5.41, 5.74) is -2.09. The maximum Gasteiger partial charge on any atom is 0.344 e. The summed E-state index contributed by atoms with van der Waals surface area (Å²) < 4.78 is 95.7. The van der Waals surface area contributed by atoms with Gasteiger partial charge >= 0.3 is 22.1 Å². The average Bonchev–Trinajstić information content (AvgIpc) is 2.65. The summed E-state index contributed by atoms with van der Waals surface area (Å²) in [6.07, 6.45) is 0. The minimum absolute atomic E-state index is 0.204. The lowest BCUT2D eigenvalue weighted by atomic mass is 10.2. The van der Waals surface area contributed by atoms with E-state index in [0.29, 0.717) is 7.14 Å². The summed E-state index contributed by atoms with van der Waals surface area (Å²) in [6.45, 7) is -1.47. The summed E-state index contributed by atoms with van der Waals surface area (Å²) in [5, 5.41) is 9.87. The summed E-state index contributed by atoms with van der Waals surface area (Å²) in [5.74, 6) is -13.2. The van der Waals surface area contributed by atoms with Gasteiger partial charge in [0.1, 0.15) is 30.1 Å². The Bertz CT molecular complexity index is 1160. The van der Waals surface area contributed by atoms with E-state index in [1.54, 1.807) is 28.7 Å². The molecule has 8 nitrogen and oxygen atoms in total. The van der Waals surface area contributed by atoms with Crippen molar-refractivity contribution in [2.45, 2.75) is 4.90 Å². The van der Waals surface area contributed by atoms with Gasteiger partial charge in [-0.05, 0) is 57.3 Å². The van der Waals surface area contributed by atoms with Gasteiger partial charge in [-0.3, -0.25) is 4.55 Å². The van der Waals surface area contributed by atoms with Crippen molar-refractivity contribution in [1.82, 2.24) is 0 Å². The number of hydrogen-bond acceptors (Lipinski definition) is 7. The molecule has 0 aliphatic rings. The van der Waals surface area contributed by atoms with Crippen LogP contribution in [0.15, 0.2) is 17.0 Å². The van der Waals surface area contributed by atoms with Crippen LogP contribution in [0.1, 0.15) is 20.7 Å². The van der Waals surface area contributed by atoms with E-state index in [4.69, 9.17) is 9.29 Å². The molecule has 2 rings (SSSR count). The Hall–Kier alpha value is -1.73. The van der Waals surface area contributed by atoms with Crippen LogP contribution < -0.4 is 0 Å². The second-order valence-corrected chi connectivity index (χ2v) is 9.26. The molecule has 0 bridgehead atoms. The molecule has 0 aromatic heterocycles. The van der Waals surface area contributed by atoms with Gasteiger partial charge in [-0.2, -0.15) is 8.42 Å². The highest BCUT2D eigenvalue weighted by atomic mass is 127. The first kappa shape index (κ1) is 25.5. The number of hydrogen-bond donors (Lipinski definition) is 2. The van der Waals surface area contributed by atoms with Crippen LogP contribution in [0.4, 0.5) is 17.6 Å². The quantitative estimate of drug-likeness (QED) is 0.118. The Kier molecular flexibility index (Phi) is 8.09. The van der Waals surface area contributed by atoms with Crippen LogP contribution in [0.2, 0.25) is 0 Å². The number of carbonyl (C=O) groups excluding carboxylic acids is 2. The van der Waals surface area contributed by atoms with E-state index in [0.717, 1.165) is 0 Å². The summed E-state index contributed by atoms with van der Waals surface area (Å²) in [4.78, 5) is 21.5. The number of phenolic OH excluding ortho intramolecular Hbond substituents is 1. The second-order valence-electron chi connectivity index (χ2n) is 5.49. The van der Waals surface area contributed by atoms with Gasteiger partial charge in [-0.25, -0.2) is 27.2 Å². The lowest BCUT2D eigenvalue weighted by Crippen LogP contribution is -2.20. The van der Waals surface area contributed by atoms with Crippen molar-refractivity contribution >= 4 is 67.2 Å². The SMILES string of the molecule is O=C(OCCOC(=O)c1c(F)c(F)c(S(=O)(=O)O)c(F)c1F)c1cc(I)cc(I)c1O. The third-order valence-electron chi connectivity index (χ3n) is 3.48. The standard InChI is InChI=1S/C16H8F4I2O8S/c17-9-8(10(18)12(20)14(11(9)19)31(26,27)28)16(25)30-2-1-29-15(24)6-3-5(21)4-7(22)13(6)23/h3-4,23H,1-2H2,(H,26,27,28). The monoisotopic (exact) mass is 690 g/mol. The minimum Gasteiger partial charge on any atom is -0.506 e. The zero-order chi connectivity index (χ0) is 23.7. The van der Waals surface area contributed by atoms with Crippen LogP contribution >= 0.6 is 45.2 Å². The van der Waals surface area contributed by atoms with Crippen molar-refractivity contribution in [3.8, 4) is 5.75 Å². The predicted molar refractivity (Wildman–Crippen MR) is 110 cm³/mol. The molecule has 2 aromatic rings. The molecule has 0 aliphatic heterocycles. The Morgan fingerprint density at radius 2 is 1.39 bits per heavy atom. The molecule has 168 valence electrons. The highest BCUT2D eigenvalue weighted by Gasteiger charge is 2.35. The molecule has 0 aliphatic carbocycles. The normalized spacial score (nSPS) is 11.3. The fraction of sp³-hybridized carbons (Fsp3) is 0.125. The lowest BCUT2D eigenvalue weighted by Gasteiger charge is -2.11. The van der Waals surface area contributed by atoms with Crippen molar-refractivity contribution < 1.29 is 54.7 Å². The third kappa shape index (κ3) is 5.55. The third-order valence-corrected chi connectivity index (χ3v) is 5.80. The van der Waals surface area contributed by atoms with E-state index >= 15 is 0 Å². The number of aromatic hydroxyl groups is 1. The molecule has 0 heterocycles. The maximum atomic E-state index is 13.9. The topological polar surface area (TPSA) is 127 Å². The molecule has 0 spiro atoms. The lowest BCUT2D eigenvalue weighted by molar-refractivity contribution is 0.0256. The summed E-state index contributed by atoms with van der Waals surface area (Å²) in [7, 11) is -5.68. The van der Waals surface area contributed by atoms with Crippen molar-refractivity contribution in [2.75, 3.05) is 13.2 Å². The van der Waals surface area contributed by atoms with Crippen molar-refractivity contribution in [1.29, 1.82) is 0 Å². The van der Waals surface area contributed by atoms with Crippen LogP contribution in [0.3, 0.4) is 0 Å². The molecule has 0 saturated heterocycles. The van der Waals surface area contributed by atoms with Gasteiger partial charge in [-0.15, -0.1) is 0 Å². The molecule has 0 amide bonds. The van der Waals surface area contributed by atoms with E-state index in [1.807, 2.05) is 22.6 Å². The fourth-order valence-corrected chi connectivity index (χ4v) is 4.63. The number of ether oxygens (including phenoxy) is 2. The van der Waals surface area contributed by atoms with Crippen LogP contribution in [0.5, 0.6) is 5.75 Å². The Labute approximate surface area is 198 Å². The van der Waals surface area contributed by atoms with E-state index in [-0.39, 0.29) is 11.3 Å². The Balaban J connectivity index is 2.12. The molecular formula is C16H8F4I2O8S. The highest BCUT2D eigenvalue weighted by molar-refractivity contribution is 14.1. The molecule has 0 unspecified atom stereocenters. The molecule has 0 fully saturated rings. The predicted octanol–water partition coefficient (Wildman–Crippen LogP) is 3.42. The zero-order valence-corrected chi connectivity index (χ0v) is 19.7. The second kappa shape index (κ2) is 9.82. The largest absolute Gasteiger partial charge is 0.506 e. The van der Waals surface area contributed by atoms with Gasteiger partial charge in [-0.1, -0.05) is 0 Å². The van der Waals surface area contributed by atoms with E-state index < -0.39 is 69.0 Å². The van der Waals surface area contributed by atoms with Gasteiger partial charge in [0.25, 0.3) is 0 Å². The molecule has 0 saturated carbocycles. The van der Waals surface area contributed by atoms with E-state index in [9.17, 15) is 40.7 Å². The first-order chi connectivity index (χ1) is 14.3. The van der Waals surface area contributed by atoms with Gasteiger partial charge in [0.2, 0.25) is 0 Å². The van der Waals surface area contributed by atoms with Gasteiger partial charge in [0.05, 0.1) is 3.57 Å². The molecule has 0 radical (unpaired) electrons. The van der Waals surface area contributed by atoms with Crippen molar-refractivity contribution in [2.24, 2.45) is 0 Å². The number of carbonyl (C=O) groups is 2. The molecule has 31 heavy (non-hydrogen) atoms. The van der Waals surface area contributed by atoms with Crippen LogP contribution in [0.25, 0.3) is 0 Å². The molecule has 15 heteroatoms. The maximum absolute atomic E-state index is 13.9. The first-order valence-electron chi connectivity index (χ1n) is 7.63. The molecule has 2 aromatic carbocycles. The number of phenols is 1. The number of esters is 2.